The molecule has 2 atom stereocenters. The van der Waals surface area contributed by atoms with Crippen LogP contribution in [0.5, 0.6) is 0 Å². The number of carbonyl (C=O) groups excluding carboxylic acids is 3. The van der Waals surface area contributed by atoms with Crippen molar-refractivity contribution in [2.24, 2.45) is 11.5 Å². The Hall–Kier alpha value is -4.35. The van der Waals surface area contributed by atoms with Gasteiger partial charge in [0.05, 0.1) is 31.5 Å². The molecule has 0 aliphatic heterocycles. The van der Waals surface area contributed by atoms with E-state index in [0.29, 0.717) is 6.42 Å². The van der Waals surface area contributed by atoms with Crippen molar-refractivity contribution in [1.29, 1.82) is 0 Å². The minimum absolute atomic E-state index is 0.0113. The number of methoxy groups -OCH3 is 1. The van der Waals surface area contributed by atoms with Gasteiger partial charge in [-0.1, -0.05) is 26.2 Å². The van der Waals surface area contributed by atoms with E-state index in [1.54, 1.807) is 30.2 Å². The van der Waals surface area contributed by atoms with Gasteiger partial charge >= 0.3 is 11.9 Å². The van der Waals surface area contributed by atoms with Crippen molar-refractivity contribution in [2.45, 2.75) is 82.9 Å². The number of nitrogens with zero attached hydrogens (tertiary/aromatic N) is 5. The fraction of sp³-hybridized carbons (Fsp3) is 0.484. The van der Waals surface area contributed by atoms with Crippen molar-refractivity contribution >= 4 is 35.3 Å². The van der Waals surface area contributed by atoms with Crippen LogP contribution in [0.15, 0.2) is 41.8 Å². The summed E-state index contributed by atoms with van der Waals surface area (Å²) >= 11 is 1.28. The second-order valence-electron chi connectivity index (χ2n) is 10.8. The van der Waals surface area contributed by atoms with Gasteiger partial charge in [0.1, 0.15) is 23.1 Å². The maximum absolute atomic E-state index is 14.7. The number of nitrogens with two attached hydrogens (primary N) is 2. The van der Waals surface area contributed by atoms with Crippen LogP contribution in [-0.4, -0.2) is 67.3 Å². The molecule has 0 bridgehead atoms. The molecule has 48 heavy (non-hydrogen) atoms. The summed E-state index contributed by atoms with van der Waals surface area (Å²) in [6.45, 7) is 3.66. The molecule has 2 unspecified atom stereocenters. The molecule has 4 rings (SSSR count). The van der Waals surface area contributed by atoms with Crippen LogP contribution in [0.3, 0.4) is 0 Å². The minimum Gasteiger partial charge on any atom is -0.469 e. The third-order valence-electron chi connectivity index (χ3n) is 7.24. The maximum atomic E-state index is 14.7. The molecular formula is C31H42F2N8O6S. The number of aliphatic hydroxyl groups excluding tert-OH is 1. The van der Waals surface area contributed by atoms with Crippen molar-refractivity contribution in [3.8, 4) is 11.4 Å². The van der Waals surface area contributed by atoms with Gasteiger partial charge in [0.25, 0.3) is 5.91 Å². The highest BCUT2D eigenvalue weighted by Crippen LogP contribution is 2.35. The normalized spacial score (nSPS) is 14.8. The third-order valence-corrected chi connectivity index (χ3v) is 8.56. The van der Waals surface area contributed by atoms with E-state index < -0.39 is 35.7 Å². The fourth-order valence-corrected chi connectivity index (χ4v) is 5.68. The van der Waals surface area contributed by atoms with E-state index in [1.165, 1.54) is 29.0 Å². The van der Waals surface area contributed by atoms with Crippen LogP contribution in [0.1, 0.15) is 75.6 Å². The molecule has 17 heteroatoms. The molecule has 1 amide bonds. The number of halogens is 2. The Balaban J connectivity index is 0.00000201. The zero-order valence-corrected chi connectivity index (χ0v) is 27.9. The number of rotatable bonds is 13. The highest BCUT2D eigenvalue weighted by atomic mass is 32.2. The molecule has 3 aromatic heterocycles. The molecule has 3 aromatic rings. The smallest absolute Gasteiger partial charge is 0.325 e. The fourth-order valence-electron chi connectivity index (χ4n) is 4.79. The SMILES string of the molecule is CCC(S/C=C(\N)C(=O)Nc1cn(C2CCCCC2)nc1-c1nc(F)ccc1F)c1cnn(COC(=O)C(N)CC(=O)OC)c1.CCO. The zero-order valence-electron chi connectivity index (χ0n) is 27.1. The Bertz CT molecular complexity index is 1560. The van der Waals surface area contributed by atoms with Gasteiger partial charge in [-0.2, -0.15) is 14.6 Å². The summed E-state index contributed by atoms with van der Waals surface area (Å²) < 4.78 is 41.3. The molecule has 0 spiro atoms. The van der Waals surface area contributed by atoms with Crippen LogP contribution in [0.2, 0.25) is 0 Å². The van der Waals surface area contributed by atoms with Gasteiger partial charge in [-0.05, 0) is 38.3 Å². The van der Waals surface area contributed by atoms with E-state index in [4.69, 9.17) is 21.3 Å². The lowest BCUT2D eigenvalue weighted by Gasteiger charge is -2.21. The first-order chi connectivity index (χ1) is 23.0. The number of thioether (sulfide) groups is 1. The number of aromatic nitrogens is 5. The molecule has 1 aliphatic rings. The highest BCUT2D eigenvalue weighted by Gasteiger charge is 2.24. The first kappa shape index (κ1) is 38.1. The van der Waals surface area contributed by atoms with Gasteiger partial charge in [-0.25, -0.2) is 14.1 Å². The molecule has 1 fully saturated rings. The number of anilines is 1. The van der Waals surface area contributed by atoms with E-state index >= 15 is 0 Å². The van der Waals surface area contributed by atoms with Crippen LogP contribution < -0.4 is 16.8 Å². The topological polar surface area (TPSA) is 202 Å². The Morgan fingerprint density at radius 2 is 1.88 bits per heavy atom. The standard InChI is InChI=1S/C29H36F2N8O5S.C2H6O/c1-3-23(17-12-34-38(13-17)16-44-29(42)20(32)11-25(40)43-2)45-15-21(33)28(41)35-22-14-39(18-7-5-4-6-8-18)37-27(22)26-19(30)9-10-24(31)36-26;1-2-3/h9-10,12-15,18,20,23H,3-8,11,16,32-33H2,1-2H3,(H,35,41);3H,2H2,1H3/b21-15-;. The van der Waals surface area contributed by atoms with Crippen LogP contribution in [0.4, 0.5) is 14.5 Å². The average molecular weight is 693 g/mol. The maximum Gasteiger partial charge on any atom is 0.325 e. The number of carbonyl (C=O) groups is 3. The van der Waals surface area contributed by atoms with E-state index in [0.717, 1.165) is 49.8 Å². The predicted molar refractivity (Wildman–Crippen MR) is 175 cm³/mol. The summed E-state index contributed by atoms with van der Waals surface area (Å²) in [7, 11) is 1.20. The Kier molecular flexibility index (Phi) is 15.0. The lowest BCUT2D eigenvalue weighted by atomic mass is 9.96. The van der Waals surface area contributed by atoms with Gasteiger partial charge in [-0.3, -0.25) is 19.1 Å². The summed E-state index contributed by atoms with van der Waals surface area (Å²) in [5.74, 6) is -3.70. The van der Waals surface area contributed by atoms with Crippen molar-refractivity contribution in [1.82, 2.24) is 24.5 Å². The lowest BCUT2D eigenvalue weighted by molar-refractivity contribution is -0.153. The van der Waals surface area contributed by atoms with Crippen molar-refractivity contribution in [3.05, 3.63) is 59.2 Å². The van der Waals surface area contributed by atoms with Crippen LogP contribution in [-0.2, 0) is 30.6 Å². The molecule has 0 saturated heterocycles. The second kappa shape index (κ2) is 18.8. The number of ether oxygens (including phenoxy) is 2. The van der Waals surface area contributed by atoms with Crippen molar-refractivity contribution in [2.75, 3.05) is 19.0 Å². The molecule has 1 saturated carbocycles. The number of nitrogens with one attached hydrogen (secondary N) is 1. The first-order valence-electron chi connectivity index (χ1n) is 15.5. The number of esters is 2. The molecule has 6 N–H and O–H groups in total. The van der Waals surface area contributed by atoms with E-state index in [2.05, 4.69) is 25.2 Å². The van der Waals surface area contributed by atoms with Gasteiger partial charge in [-0.15, -0.1) is 11.8 Å². The predicted octanol–water partition coefficient (Wildman–Crippen LogP) is 3.94. The molecule has 1 aliphatic carbocycles. The Morgan fingerprint density at radius 3 is 2.54 bits per heavy atom. The summed E-state index contributed by atoms with van der Waals surface area (Å²) in [6.07, 6.45) is 10.1. The largest absolute Gasteiger partial charge is 0.469 e. The zero-order chi connectivity index (χ0) is 35.2. The average Bonchev–Trinajstić information content (AvgIpc) is 3.73. The number of pyridine rings is 1. The van der Waals surface area contributed by atoms with Crippen molar-refractivity contribution < 1.29 is 37.7 Å². The number of amides is 1. The second-order valence-corrected chi connectivity index (χ2v) is 11.9. The Labute approximate surface area is 281 Å². The lowest BCUT2D eigenvalue weighted by Crippen LogP contribution is -2.35. The molecule has 14 nitrogen and oxygen atoms in total. The Morgan fingerprint density at radius 1 is 1.17 bits per heavy atom. The number of hydrogen-bond acceptors (Lipinski definition) is 12. The first-order valence-corrected chi connectivity index (χ1v) is 16.4. The number of aliphatic hydroxyl groups is 1. The van der Waals surface area contributed by atoms with E-state index in [9.17, 15) is 23.2 Å². The van der Waals surface area contributed by atoms with Crippen molar-refractivity contribution in [3.63, 3.8) is 0 Å². The summed E-state index contributed by atoms with van der Waals surface area (Å²) in [4.78, 5) is 40.2. The summed E-state index contributed by atoms with van der Waals surface area (Å²) in [5, 5.41) is 20.3. The van der Waals surface area contributed by atoms with Crippen LogP contribution >= 0.6 is 11.8 Å². The highest BCUT2D eigenvalue weighted by molar-refractivity contribution is 8.02. The van der Waals surface area contributed by atoms with E-state index in [1.807, 2.05) is 6.92 Å². The van der Waals surface area contributed by atoms with Crippen LogP contribution in [0.25, 0.3) is 11.4 Å². The minimum atomic E-state index is -1.16. The van der Waals surface area contributed by atoms with Gasteiger partial charge in [0.15, 0.2) is 12.5 Å². The van der Waals surface area contributed by atoms with Gasteiger partial charge in [0, 0.05) is 35.2 Å². The number of hydrogen-bond donors (Lipinski definition) is 4. The molecule has 0 radical (unpaired) electrons. The molecule has 3 heterocycles. The van der Waals surface area contributed by atoms with E-state index in [-0.39, 0.29) is 53.8 Å². The van der Waals surface area contributed by atoms with Gasteiger partial charge < -0.3 is 31.4 Å². The summed E-state index contributed by atoms with van der Waals surface area (Å²) in [6, 6.07) is 0.781. The quantitative estimate of drug-likeness (QED) is 0.114. The third kappa shape index (κ3) is 10.8. The van der Waals surface area contributed by atoms with Gasteiger partial charge in [0.2, 0.25) is 5.95 Å². The molecule has 0 aromatic carbocycles. The summed E-state index contributed by atoms with van der Waals surface area (Å²) in [5.41, 5.74) is 12.3. The monoisotopic (exact) mass is 692 g/mol. The molecular weight excluding hydrogens is 650 g/mol. The molecule has 262 valence electrons. The van der Waals surface area contributed by atoms with Crippen LogP contribution in [0, 0.1) is 11.8 Å².